The number of carbonyl (C=O) groups excluding carboxylic acids is 1. The van der Waals surface area contributed by atoms with Gasteiger partial charge >= 0.3 is 12.1 Å². The summed E-state index contributed by atoms with van der Waals surface area (Å²) in [6.45, 7) is 2.32. The van der Waals surface area contributed by atoms with E-state index in [0.29, 0.717) is 18.5 Å². The molecule has 1 aromatic carbocycles. The van der Waals surface area contributed by atoms with E-state index in [2.05, 4.69) is 10.2 Å². The maximum atomic E-state index is 13.0. The molecule has 1 aliphatic heterocycles. The van der Waals surface area contributed by atoms with Crippen molar-refractivity contribution in [1.82, 2.24) is 10.2 Å². The van der Waals surface area contributed by atoms with Crippen molar-refractivity contribution in [1.29, 1.82) is 0 Å². The Labute approximate surface area is 178 Å². The Morgan fingerprint density at radius 2 is 1.94 bits per heavy atom. The standard InChI is InChI=1S/C23H25F3N2O3/c1-13(15-4-6-16(7-5-15)22(30)31)27-21(29)20-11-17-10-19(17)28(20)12-14-2-8-18(9-3-14)23(24,25)26/h2-8,13,17-20H,9-12H2,1H3,(H,27,29)(H,30,31)/t13-,17?,18?,19?,20?/m0/s1. The van der Waals surface area contributed by atoms with Crippen molar-refractivity contribution in [2.24, 2.45) is 11.8 Å². The van der Waals surface area contributed by atoms with Crippen molar-refractivity contribution in [3.05, 3.63) is 59.2 Å². The topological polar surface area (TPSA) is 69.6 Å². The fourth-order valence-corrected chi connectivity index (χ4v) is 4.57. The lowest BCUT2D eigenvalue weighted by Crippen LogP contribution is -2.46. The number of carbonyl (C=O) groups is 2. The van der Waals surface area contributed by atoms with Crippen LogP contribution in [0.2, 0.25) is 0 Å². The van der Waals surface area contributed by atoms with Crippen LogP contribution in [0.3, 0.4) is 0 Å². The van der Waals surface area contributed by atoms with Gasteiger partial charge in [-0.05, 0) is 55.4 Å². The first kappa shape index (κ1) is 21.6. The number of carboxylic acid groups (broad SMARTS) is 1. The van der Waals surface area contributed by atoms with E-state index in [1.54, 1.807) is 24.3 Å². The zero-order valence-electron chi connectivity index (χ0n) is 17.1. The quantitative estimate of drug-likeness (QED) is 0.708. The van der Waals surface area contributed by atoms with Crippen LogP contribution in [0.15, 0.2) is 48.1 Å². The fraction of sp³-hybridized carbons (Fsp3) is 0.478. The van der Waals surface area contributed by atoms with Crippen LogP contribution in [-0.2, 0) is 4.79 Å². The number of nitrogens with zero attached hydrogens (tertiary/aromatic N) is 1. The third-order valence-electron chi connectivity index (χ3n) is 6.52. The maximum absolute atomic E-state index is 13.0. The van der Waals surface area contributed by atoms with Gasteiger partial charge in [0.05, 0.1) is 23.6 Å². The van der Waals surface area contributed by atoms with Gasteiger partial charge in [-0.25, -0.2) is 4.79 Å². The average Bonchev–Trinajstić information content (AvgIpc) is 3.41. The van der Waals surface area contributed by atoms with Crippen LogP contribution < -0.4 is 5.32 Å². The molecule has 1 aromatic rings. The molecule has 1 saturated heterocycles. The summed E-state index contributed by atoms with van der Waals surface area (Å²) in [4.78, 5) is 26.1. The summed E-state index contributed by atoms with van der Waals surface area (Å²) in [6, 6.07) is 6.12. The highest BCUT2D eigenvalue weighted by Crippen LogP contribution is 2.48. The fourth-order valence-electron chi connectivity index (χ4n) is 4.57. The van der Waals surface area contributed by atoms with Crippen LogP contribution in [0.25, 0.3) is 0 Å². The molecule has 1 saturated carbocycles. The number of allylic oxidation sites excluding steroid dienone is 2. The van der Waals surface area contributed by atoms with E-state index in [9.17, 15) is 22.8 Å². The summed E-state index contributed by atoms with van der Waals surface area (Å²) in [5.41, 5.74) is 1.82. The molecule has 5 nitrogen and oxygen atoms in total. The molecular formula is C23H25F3N2O3. The van der Waals surface area contributed by atoms with Crippen molar-refractivity contribution in [2.45, 2.75) is 50.5 Å². The number of alkyl halides is 3. The van der Waals surface area contributed by atoms with E-state index in [0.717, 1.165) is 24.0 Å². The Morgan fingerprint density at radius 1 is 1.23 bits per heavy atom. The molecule has 2 N–H and O–H groups in total. The Balaban J connectivity index is 1.37. The molecule has 0 radical (unpaired) electrons. The molecule has 0 bridgehead atoms. The van der Waals surface area contributed by atoms with Crippen LogP contribution in [-0.4, -0.2) is 46.7 Å². The van der Waals surface area contributed by atoms with Crippen LogP contribution in [0.1, 0.15) is 48.1 Å². The van der Waals surface area contributed by atoms with E-state index in [1.807, 2.05) is 6.92 Å². The molecule has 0 aromatic heterocycles. The second-order valence-electron chi connectivity index (χ2n) is 8.67. The van der Waals surface area contributed by atoms with Gasteiger partial charge < -0.3 is 10.4 Å². The van der Waals surface area contributed by atoms with Gasteiger partial charge in [0.1, 0.15) is 0 Å². The lowest BCUT2D eigenvalue weighted by molar-refractivity contribution is -0.160. The van der Waals surface area contributed by atoms with Crippen molar-refractivity contribution >= 4 is 11.9 Å². The van der Waals surface area contributed by atoms with Crippen LogP contribution in [0.4, 0.5) is 13.2 Å². The van der Waals surface area contributed by atoms with Crippen molar-refractivity contribution in [3.8, 4) is 0 Å². The van der Waals surface area contributed by atoms with Crippen molar-refractivity contribution < 1.29 is 27.9 Å². The second-order valence-corrected chi connectivity index (χ2v) is 8.67. The summed E-state index contributed by atoms with van der Waals surface area (Å²) in [5, 5.41) is 12.0. The zero-order chi connectivity index (χ0) is 22.3. The summed E-state index contributed by atoms with van der Waals surface area (Å²) in [6.07, 6.45) is 1.89. The molecule has 0 spiro atoms. The Morgan fingerprint density at radius 3 is 2.52 bits per heavy atom. The number of nitrogens with one attached hydrogen (secondary N) is 1. The van der Waals surface area contributed by atoms with Gasteiger partial charge in [0.2, 0.25) is 5.91 Å². The summed E-state index contributed by atoms with van der Waals surface area (Å²) in [5.74, 6) is -2.07. The predicted octanol–water partition coefficient (Wildman–Crippen LogP) is 4.09. The number of hydrogen-bond donors (Lipinski definition) is 2. The molecule has 1 amide bonds. The number of hydrogen-bond acceptors (Lipinski definition) is 3. The normalized spacial score (nSPS) is 28.6. The van der Waals surface area contributed by atoms with Gasteiger partial charge in [0, 0.05) is 12.6 Å². The number of carboxylic acids is 1. The second kappa shape index (κ2) is 8.15. The van der Waals surface area contributed by atoms with Crippen LogP contribution >= 0.6 is 0 Å². The Hall–Kier alpha value is -2.61. The van der Waals surface area contributed by atoms with Crippen LogP contribution in [0, 0.1) is 11.8 Å². The monoisotopic (exact) mass is 434 g/mol. The van der Waals surface area contributed by atoms with Gasteiger partial charge in [-0.15, -0.1) is 0 Å². The lowest BCUT2D eigenvalue weighted by Gasteiger charge is -2.29. The minimum Gasteiger partial charge on any atom is -0.478 e. The zero-order valence-corrected chi connectivity index (χ0v) is 17.1. The number of piperidine rings is 1. The summed E-state index contributed by atoms with van der Waals surface area (Å²) in [7, 11) is 0. The third kappa shape index (κ3) is 4.69. The Kier molecular flexibility index (Phi) is 5.68. The van der Waals surface area contributed by atoms with E-state index < -0.39 is 18.1 Å². The average molecular weight is 434 g/mol. The highest BCUT2D eigenvalue weighted by atomic mass is 19.4. The first-order valence-corrected chi connectivity index (χ1v) is 10.5. The SMILES string of the molecule is C[C@H](NC(=O)C1CC2CC2N1CC1=CCC(C(F)(F)F)C=C1)c1ccc(C(=O)O)cc1. The number of likely N-dealkylation sites (tertiary alicyclic amines) is 1. The molecule has 2 aliphatic carbocycles. The number of benzene rings is 1. The van der Waals surface area contributed by atoms with Gasteiger partial charge in [0.25, 0.3) is 0 Å². The minimum absolute atomic E-state index is 0.0580. The van der Waals surface area contributed by atoms with Crippen molar-refractivity contribution in [2.75, 3.05) is 6.54 Å². The highest BCUT2D eigenvalue weighted by Gasteiger charge is 2.54. The smallest absolute Gasteiger partial charge is 0.395 e. The molecule has 4 rings (SSSR count). The number of fused-ring (bicyclic) bond motifs is 1. The van der Waals surface area contributed by atoms with E-state index in [4.69, 9.17) is 5.11 Å². The number of rotatable bonds is 6. The molecule has 31 heavy (non-hydrogen) atoms. The third-order valence-corrected chi connectivity index (χ3v) is 6.52. The van der Waals surface area contributed by atoms with E-state index in [1.165, 1.54) is 18.2 Å². The highest BCUT2D eigenvalue weighted by molar-refractivity contribution is 5.87. The number of halogens is 3. The largest absolute Gasteiger partial charge is 0.478 e. The molecule has 4 unspecified atom stereocenters. The summed E-state index contributed by atoms with van der Waals surface area (Å²) < 4.78 is 38.6. The molecule has 3 aliphatic rings. The minimum atomic E-state index is -4.23. The van der Waals surface area contributed by atoms with Gasteiger partial charge in [-0.1, -0.05) is 30.4 Å². The van der Waals surface area contributed by atoms with Gasteiger partial charge in [0.15, 0.2) is 0 Å². The first-order valence-electron chi connectivity index (χ1n) is 10.5. The molecule has 5 atom stereocenters. The molecule has 1 heterocycles. The Bertz CT molecular complexity index is 923. The molecule has 2 fully saturated rings. The number of aromatic carboxylic acids is 1. The predicted molar refractivity (Wildman–Crippen MR) is 108 cm³/mol. The van der Waals surface area contributed by atoms with E-state index >= 15 is 0 Å². The van der Waals surface area contributed by atoms with Gasteiger partial charge in [-0.2, -0.15) is 13.2 Å². The molecule has 166 valence electrons. The van der Waals surface area contributed by atoms with Crippen molar-refractivity contribution in [3.63, 3.8) is 0 Å². The van der Waals surface area contributed by atoms with E-state index in [-0.39, 0.29) is 30.0 Å². The van der Waals surface area contributed by atoms with Crippen LogP contribution in [0.5, 0.6) is 0 Å². The molecule has 8 heteroatoms. The first-order chi connectivity index (χ1) is 14.6. The van der Waals surface area contributed by atoms with Gasteiger partial charge in [-0.3, -0.25) is 9.69 Å². The number of amides is 1. The summed E-state index contributed by atoms with van der Waals surface area (Å²) >= 11 is 0. The lowest BCUT2D eigenvalue weighted by atomic mass is 9.95. The molecular weight excluding hydrogens is 409 g/mol. The maximum Gasteiger partial charge on any atom is 0.395 e.